The van der Waals surface area contributed by atoms with Gasteiger partial charge in [0.2, 0.25) is 0 Å². The minimum absolute atomic E-state index is 0. The Morgan fingerprint density at radius 1 is 0.453 bits per heavy atom. The summed E-state index contributed by atoms with van der Waals surface area (Å²) in [5.74, 6) is 0. The number of hydrogen-bond acceptors (Lipinski definition) is 0. The molecule has 0 radical (unpaired) electrons. The molecule has 0 N–H and O–H groups in total. The van der Waals surface area contributed by atoms with E-state index >= 15 is 0 Å². The molecule has 2 atom stereocenters. The van der Waals surface area contributed by atoms with Gasteiger partial charge in [0.25, 0.3) is 0 Å². The molecule has 22 heteroatoms. The standard InChI is InChI=1S/2C20H12F9.C2H6Si.2ClH.Zr/c2*1-2-10-6-11-4-3-5-13(14(11)7-10)17-15(19(24,25)26)8-12(18(21,22)23)9-16(17)20(27,28)29;1-3-2;;;/h2*3-9H,2H2,1H3;1-2H3;2*1H;/q;;;;;+2/p-2. The molecule has 0 fully saturated rings. The van der Waals surface area contributed by atoms with Crippen molar-refractivity contribution in [3.63, 3.8) is 0 Å². The first-order valence-corrected chi connectivity index (χ1v) is 27.5. The molecule has 4 aromatic carbocycles. The van der Waals surface area contributed by atoms with E-state index in [2.05, 4.69) is 0 Å². The number of hydrogen-bond donors (Lipinski definition) is 0. The molecular weight excluding hydrogens is 1040 g/mol. The molecule has 6 rings (SSSR count). The Bertz CT molecular complexity index is 2310. The van der Waals surface area contributed by atoms with E-state index in [0.717, 1.165) is 12.1 Å². The van der Waals surface area contributed by atoms with E-state index in [1.54, 1.807) is 13.8 Å². The van der Waals surface area contributed by atoms with Crippen molar-refractivity contribution in [1.29, 1.82) is 0 Å². The van der Waals surface area contributed by atoms with E-state index in [0.29, 0.717) is 11.1 Å². The number of halogens is 20. The van der Waals surface area contributed by atoms with Gasteiger partial charge in [-0.25, -0.2) is 0 Å². The van der Waals surface area contributed by atoms with Crippen LogP contribution in [0.3, 0.4) is 0 Å². The summed E-state index contributed by atoms with van der Waals surface area (Å²) in [4.78, 5) is 0. The van der Waals surface area contributed by atoms with Gasteiger partial charge in [-0.2, -0.15) is 0 Å². The molecule has 2 unspecified atom stereocenters. The average Bonchev–Trinajstić information content (AvgIpc) is 3.70. The maximum absolute atomic E-state index is 14.6. The van der Waals surface area contributed by atoms with Gasteiger partial charge >= 0.3 is 351 Å². The topological polar surface area (TPSA) is 0 Å². The molecule has 0 aromatic heterocycles. The second-order valence-corrected chi connectivity index (χ2v) is 32.8. The second-order valence-electron chi connectivity index (χ2n) is 15.0. The van der Waals surface area contributed by atoms with E-state index in [1.165, 1.54) is 36.4 Å². The van der Waals surface area contributed by atoms with Crippen molar-refractivity contribution in [2.24, 2.45) is 0 Å². The minimum Gasteiger partial charge on any atom is -1.00 e. The molecule has 0 spiro atoms. The zero-order valence-electron chi connectivity index (χ0n) is 33.1. The Kier molecular flexibility index (Phi) is 15.1. The summed E-state index contributed by atoms with van der Waals surface area (Å²) in [6.07, 6.45) is -30.8. The molecule has 346 valence electrons. The molecule has 0 bridgehead atoms. The van der Waals surface area contributed by atoms with Crippen molar-refractivity contribution in [3.8, 4) is 22.3 Å². The van der Waals surface area contributed by atoms with Crippen LogP contribution in [-0.2, 0) is 57.4 Å². The monoisotopic (exact) mass is 1060 g/mol. The van der Waals surface area contributed by atoms with Crippen LogP contribution in [0.5, 0.6) is 0 Å². The van der Waals surface area contributed by atoms with Crippen molar-refractivity contribution in [2.45, 2.75) is 84.1 Å². The fraction of sp³-hybridized carbons (Fsp3) is 0.333. The zero-order valence-corrected chi connectivity index (χ0v) is 38.0. The smallest absolute Gasteiger partial charge is 1.00 e. The summed E-state index contributed by atoms with van der Waals surface area (Å²) >= 11 is -3.59. The molecule has 2 aliphatic rings. The van der Waals surface area contributed by atoms with E-state index in [4.69, 9.17) is 0 Å². The number of fused-ring (bicyclic) bond motifs is 2. The van der Waals surface area contributed by atoms with Crippen molar-refractivity contribution < 1.29 is 124 Å². The summed E-state index contributed by atoms with van der Waals surface area (Å²) in [7, 11) is 0. The second kappa shape index (κ2) is 18.1. The predicted molar refractivity (Wildman–Crippen MR) is 193 cm³/mol. The molecule has 2 aliphatic carbocycles. The largest absolute Gasteiger partial charge is 1.00 e. The van der Waals surface area contributed by atoms with Gasteiger partial charge < -0.3 is 24.8 Å². The maximum atomic E-state index is 14.6. The van der Waals surface area contributed by atoms with Crippen LogP contribution < -0.4 is 24.8 Å². The molecule has 0 amide bonds. The van der Waals surface area contributed by atoms with Gasteiger partial charge in [-0.1, -0.05) is 0 Å². The van der Waals surface area contributed by atoms with Crippen LogP contribution in [0.4, 0.5) is 79.0 Å². The molecule has 0 saturated carbocycles. The Morgan fingerprint density at radius 2 is 0.734 bits per heavy atom. The van der Waals surface area contributed by atoms with E-state index in [-0.39, 0.29) is 84.2 Å². The van der Waals surface area contributed by atoms with Crippen molar-refractivity contribution in [3.05, 3.63) is 127 Å². The maximum Gasteiger partial charge on any atom is -1.00 e. The summed E-state index contributed by atoms with van der Waals surface area (Å²) in [6.45, 7) is 7.12. The zero-order chi connectivity index (χ0) is 46.4. The quantitative estimate of drug-likeness (QED) is 0.133. The van der Waals surface area contributed by atoms with Crippen LogP contribution in [0.25, 0.3) is 34.4 Å². The van der Waals surface area contributed by atoms with E-state index in [1.807, 2.05) is 13.1 Å². The molecule has 0 saturated heterocycles. The van der Waals surface area contributed by atoms with Crippen LogP contribution in [0, 0.1) is 0 Å². The summed E-state index contributed by atoms with van der Waals surface area (Å²) in [5.41, 5.74) is -17.5. The third kappa shape index (κ3) is 9.90. The van der Waals surface area contributed by atoms with Crippen LogP contribution >= 0.6 is 0 Å². The number of alkyl halides is 18. The Morgan fingerprint density at radius 3 is 0.953 bits per heavy atom. The van der Waals surface area contributed by atoms with Gasteiger partial charge in [0.05, 0.1) is 0 Å². The average molecular weight is 1070 g/mol. The molecule has 0 heterocycles. The first kappa shape index (κ1) is 53.4. The summed E-state index contributed by atoms with van der Waals surface area (Å²) in [6, 6.07) is 5.71. The molecule has 4 aromatic rings. The van der Waals surface area contributed by atoms with Crippen molar-refractivity contribution in [1.82, 2.24) is 0 Å². The molecule has 64 heavy (non-hydrogen) atoms. The fourth-order valence-corrected chi connectivity index (χ4v) is 29.3. The predicted octanol–water partition coefficient (Wildman–Crippen LogP) is 10.4. The third-order valence-corrected chi connectivity index (χ3v) is 30.5. The Hall–Kier alpha value is -3.22. The van der Waals surface area contributed by atoms with Crippen LogP contribution in [0.2, 0.25) is 13.1 Å². The van der Waals surface area contributed by atoms with Crippen molar-refractivity contribution >= 4 is 17.6 Å². The van der Waals surface area contributed by atoms with Gasteiger partial charge in [-0.05, 0) is 0 Å². The number of allylic oxidation sites excluding steroid dienone is 2. The van der Waals surface area contributed by atoms with Gasteiger partial charge in [0.1, 0.15) is 0 Å². The SMILES string of the molecule is CCC1=Cc2c(-c3c(C(F)(F)F)cc(C(F)(F)F)cc3C(F)(F)F)cccc2[CH]1[Zr+2]([CH]1C(CC)=Cc2c(-c3c(C(F)(F)F)cc(C(F)(F)F)cc3C(F)(F)F)cccc21)=[Si](C)C.[Cl-].[Cl-]. The molecule has 0 aliphatic heterocycles. The normalized spacial score (nSPS) is 16.5. The third-order valence-electron chi connectivity index (χ3n) is 11.0. The Balaban J connectivity index is 0.00000449. The van der Waals surface area contributed by atoms with Crippen LogP contribution in [0.1, 0.15) is 89.6 Å². The van der Waals surface area contributed by atoms with Gasteiger partial charge in [0.15, 0.2) is 0 Å². The van der Waals surface area contributed by atoms with Gasteiger partial charge in [0, 0.05) is 0 Å². The summed E-state index contributed by atoms with van der Waals surface area (Å²) < 4.78 is 256. The Labute approximate surface area is 373 Å². The van der Waals surface area contributed by atoms with Gasteiger partial charge in [-0.15, -0.1) is 0 Å². The summed E-state index contributed by atoms with van der Waals surface area (Å²) in [5, 5.41) is 0. The molecule has 0 nitrogen and oxygen atoms in total. The van der Waals surface area contributed by atoms with Crippen molar-refractivity contribution in [2.75, 3.05) is 0 Å². The van der Waals surface area contributed by atoms with Crippen LogP contribution in [0.15, 0.2) is 71.8 Å². The molecular formula is C42H30Cl2F18SiZr. The fourth-order valence-electron chi connectivity index (χ4n) is 8.54. The number of rotatable bonds is 6. The van der Waals surface area contributed by atoms with E-state index in [9.17, 15) is 79.0 Å². The van der Waals surface area contributed by atoms with Gasteiger partial charge in [-0.3, -0.25) is 0 Å². The number of benzene rings is 4. The first-order valence-electron chi connectivity index (χ1n) is 18.5. The van der Waals surface area contributed by atoms with Crippen LogP contribution in [-0.4, -0.2) is 5.43 Å². The first-order chi connectivity index (χ1) is 28.3. The van der Waals surface area contributed by atoms with E-state index < -0.39 is 126 Å². The minimum atomic E-state index is -5.70.